The minimum atomic E-state index is -1.35. The van der Waals surface area contributed by atoms with Gasteiger partial charge in [0.2, 0.25) is 5.60 Å². The molecule has 0 fully saturated rings. The van der Waals surface area contributed by atoms with E-state index in [2.05, 4.69) is 18.9 Å². The maximum absolute atomic E-state index is 10.9. The summed E-state index contributed by atoms with van der Waals surface area (Å²) in [6.07, 6.45) is 0. The topological polar surface area (TPSA) is 180 Å². The Morgan fingerprint density at radius 2 is 0.967 bits per heavy atom. The average Bonchev–Trinajstić information content (AvgIpc) is 2.50. The second-order valence-corrected chi connectivity index (χ2v) is 6.25. The van der Waals surface area contributed by atoms with Gasteiger partial charge in [-0.25, -0.2) is 9.59 Å². The molecule has 0 aromatic carbocycles. The number of carbonyl (C=O) groups excluding carboxylic acids is 5. The highest BCUT2D eigenvalue weighted by atomic mass is 16.6. The Morgan fingerprint density at radius 3 is 1.07 bits per heavy atom. The fourth-order valence-electron chi connectivity index (χ4n) is 1.10. The molecule has 0 aliphatic rings. The zero-order chi connectivity index (χ0) is 25.3. The number of esters is 5. The maximum atomic E-state index is 10.9. The molecule has 0 amide bonds. The van der Waals surface area contributed by atoms with Crippen LogP contribution in [0, 0.1) is 0 Å². The van der Waals surface area contributed by atoms with Crippen LogP contribution in [0.5, 0.6) is 0 Å². The number of ether oxygens (including phenoxy) is 4. The van der Waals surface area contributed by atoms with E-state index in [9.17, 15) is 24.0 Å². The van der Waals surface area contributed by atoms with Crippen LogP contribution in [0.4, 0.5) is 0 Å². The predicted octanol–water partition coefficient (Wildman–Crippen LogP) is 0.618. The minimum Gasteiger partial charge on any atom is -0.481 e. The van der Waals surface area contributed by atoms with E-state index in [1.807, 2.05) is 0 Å². The third kappa shape index (κ3) is 29.7. The summed E-state index contributed by atoms with van der Waals surface area (Å²) in [7, 11) is 2.48. The fourth-order valence-corrected chi connectivity index (χ4v) is 1.10. The van der Waals surface area contributed by atoms with Crippen molar-refractivity contribution in [2.24, 2.45) is 0 Å². The van der Waals surface area contributed by atoms with Gasteiger partial charge in [-0.2, -0.15) is 0 Å². The van der Waals surface area contributed by atoms with Gasteiger partial charge in [0, 0.05) is 27.7 Å². The van der Waals surface area contributed by atoms with Gasteiger partial charge in [0.1, 0.15) is 0 Å². The Morgan fingerprint density at radius 1 is 0.667 bits per heavy atom. The molecule has 0 aliphatic heterocycles. The summed E-state index contributed by atoms with van der Waals surface area (Å²) in [4.78, 5) is 60.3. The third-order valence-electron chi connectivity index (χ3n) is 2.05. The number of carboxylic acids is 1. The minimum absolute atomic E-state index is 0.500. The summed E-state index contributed by atoms with van der Waals surface area (Å²) in [6, 6.07) is 0. The van der Waals surface area contributed by atoms with E-state index in [1.54, 1.807) is 0 Å². The Hall–Kier alpha value is -3.02. The summed E-state index contributed by atoms with van der Waals surface area (Å²) >= 11 is 0. The van der Waals surface area contributed by atoms with E-state index in [4.69, 9.17) is 15.0 Å². The number of hydrogen-bond acceptors (Lipinski definition) is 11. The van der Waals surface area contributed by atoms with Gasteiger partial charge in [0.25, 0.3) is 5.97 Å². The number of rotatable bonds is 3. The van der Waals surface area contributed by atoms with E-state index < -0.39 is 47.0 Å². The van der Waals surface area contributed by atoms with Gasteiger partial charge in [0.05, 0.1) is 14.2 Å². The molecular weight excluding hydrogens is 408 g/mol. The van der Waals surface area contributed by atoms with Crippen LogP contribution in [0.15, 0.2) is 0 Å². The molecule has 2 N–H and O–H groups in total. The lowest BCUT2D eigenvalue weighted by Gasteiger charge is -2.20. The molecule has 12 nitrogen and oxygen atoms in total. The van der Waals surface area contributed by atoms with Gasteiger partial charge in [-0.1, -0.05) is 0 Å². The van der Waals surface area contributed by atoms with Crippen molar-refractivity contribution in [1.29, 1.82) is 0 Å². The van der Waals surface area contributed by atoms with Crippen molar-refractivity contribution in [2.75, 3.05) is 14.2 Å². The van der Waals surface area contributed by atoms with Crippen molar-refractivity contribution in [3.05, 3.63) is 0 Å². The van der Waals surface area contributed by atoms with Gasteiger partial charge in [-0.05, 0) is 27.7 Å². The second kappa shape index (κ2) is 16.9. The number of carbonyl (C=O) groups is 6. The Labute approximate surface area is 175 Å². The number of aliphatic carboxylic acids is 1. The number of aliphatic hydroxyl groups is 1. The molecule has 12 heteroatoms. The van der Waals surface area contributed by atoms with Crippen LogP contribution in [-0.4, -0.2) is 71.5 Å². The molecule has 0 aromatic rings. The molecule has 0 unspecified atom stereocenters. The third-order valence-corrected chi connectivity index (χ3v) is 2.05. The van der Waals surface area contributed by atoms with E-state index in [1.165, 1.54) is 62.7 Å². The van der Waals surface area contributed by atoms with E-state index in [0.29, 0.717) is 0 Å². The summed E-state index contributed by atoms with van der Waals surface area (Å²) in [5.74, 6) is -3.63. The molecule has 0 saturated carbocycles. The van der Waals surface area contributed by atoms with Crippen molar-refractivity contribution >= 4 is 35.8 Å². The summed E-state index contributed by atoms with van der Waals surface area (Å²) < 4.78 is 17.3. The molecular formula is C18H32O12. The van der Waals surface area contributed by atoms with Crippen LogP contribution in [0.2, 0.25) is 0 Å². The van der Waals surface area contributed by atoms with Crippen molar-refractivity contribution in [2.45, 2.75) is 66.6 Å². The first-order valence-corrected chi connectivity index (χ1v) is 8.21. The molecule has 0 bridgehead atoms. The zero-order valence-electron chi connectivity index (χ0n) is 19.0. The van der Waals surface area contributed by atoms with Crippen LogP contribution < -0.4 is 0 Å². The lowest BCUT2D eigenvalue weighted by atomic mass is 10.1. The lowest BCUT2D eigenvalue weighted by molar-refractivity contribution is -0.175. The first-order valence-electron chi connectivity index (χ1n) is 8.21. The molecule has 0 spiro atoms. The molecule has 0 saturated heterocycles. The average molecular weight is 440 g/mol. The highest BCUT2D eigenvalue weighted by Crippen LogP contribution is 2.10. The quantitative estimate of drug-likeness (QED) is 0.355. The van der Waals surface area contributed by atoms with E-state index in [0.717, 1.165) is 6.92 Å². The van der Waals surface area contributed by atoms with Crippen LogP contribution in [0.1, 0.15) is 55.4 Å². The number of methoxy groups -OCH3 is 2. The smallest absolute Gasteiger partial charge is 0.349 e. The normalized spacial score (nSPS) is 9.43. The van der Waals surface area contributed by atoms with Crippen LogP contribution in [0.3, 0.4) is 0 Å². The number of hydrogen-bond donors (Lipinski definition) is 2. The summed E-state index contributed by atoms with van der Waals surface area (Å²) in [6.45, 7) is 10.4. The number of carboxylic acid groups (broad SMARTS) is 1. The standard InChI is InChI=1S/C7H12O4.C5H10O3.C4H6O3.C2H4O2/c1-5(8)11-7(2,3)6(9)10-4;1-5(2,7)4(6)8-3;1-3(5)7-4(2)6;1-2(3)4/h1-4H3;7H,1-3H3;1-2H3;1H3,(H,3,4). The first-order chi connectivity index (χ1) is 13.2. The summed E-state index contributed by atoms with van der Waals surface area (Å²) in [5, 5.41) is 16.2. The Kier molecular flexibility index (Phi) is 19.4. The molecule has 0 rings (SSSR count). The monoisotopic (exact) mass is 440 g/mol. The maximum Gasteiger partial charge on any atom is 0.349 e. The van der Waals surface area contributed by atoms with Gasteiger partial charge in [-0.15, -0.1) is 0 Å². The molecule has 0 atom stereocenters. The van der Waals surface area contributed by atoms with Crippen LogP contribution in [-0.2, 0) is 47.7 Å². The highest BCUT2D eigenvalue weighted by molar-refractivity contribution is 5.82. The fraction of sp³-hybridized carbons (Fsp3) is 0.667. The van der Waals surface area contributed by atoms with Crippen molar-refractivity contribution in [3.8, 4) is 0 Å². The molecule has 176 valence electrons. The lowest BCUT2D eigenvalue weighted by Crippen LogP contribution is -2.37. The molecule has 0 aromatic heterocycles. The van der Waals surface area contributed by atoms with Crippen molar-refractivity contribution < 1.29 is 57.9 Å². The Balaban J connectivity index is -0.000000159. The predicted molar refractivity (Wildman–Crippen MR) is 102 cm³/mol. The van der Waals surface area contributed by atoms with Gasteiger partial charge in [-0.3, -0.25) is 19.2 Å². The van der Waals surface area contributed by atoms with Gasteiger partial charge >= 0.3 is 29.8 Å². The van der Waals surface area contributed by atoms with Crippen LogP contribution >= 0.6 is 0 Å². The largest absolute Gasteiger partial charge is 0.481 e. The molecule has 0 heterocycles. The van der Waals surface area contributed by atoms with E-state index >= 15 is 0 Å². The first kappa shape index (κ1) is 34.5. The summed E-state index contributed by atoms with van der Waals surface area (Å²) in [5.41, 5.74) is -2.53. The van der Waals surface area contributed by atoms with E-state index in [-0.39, 0.29) is 0 Å². The zero-order valence-corrected chi connectivity index (χ0v) is 19.0. The Bertz CT molecular complexity index is 568. The van der Waals surface area contributed by atoms with Crippen LogP contribution in [0.25, 0.3) is 0 Å². The molecule has 0 aliphatic carbocycles. The molecule has 30 heavy (non-hydrogen) atoms. The molecule has 0 radical (unpaired) electrons. The van der Waals surface area contributed by atoms with Crippen molar-refractivity contribution in [1.82, 2.24) is 0 Å². The second-order valence-electron chi connectivity index (χ2n) is 6.25. The van der Waals surface area contributed by atoms with Gasteiger partial charge in [0.15, 0.2) is 5.60 Å². The highest BCUT2D eigenvalue weighted by Gasteiger charge is 2.31. The SMILES string of the molecule is CC(=O)O.CC(=O)OC(C)=O.COC(=O)C(C)(C)O.COC(=O)C(C)(C)OC(C)=O. The van der Waals surface area contributed by atoms with Gasteiger partial charge < -0.3 is 29.2 Å². The van der Waals surface area contributed by atoms with Crippen molar-refractivity contribution in [3.63, 3.8) is 0 Å².